The highest BCUT2D eigenvalue weighted by atomic mass is 35.5. The van der Waals surface area contributed by atoms with Gasteiger partial charge < -0.3 is 5.32 Å². The van der Waals surface area contributed by atoms with Crippen LogP contribution in [0.4, 0.5) is 11.6 Å². The van der Waals surface area contributed by atoms with Crippen molar-refractivity contribution in [1.29, 1.82) is 0 Å². The first-order chi connectivity index (χ1) is 13.4. The molecule has 0 spiro atoms. The zero-order chi connectivity index (χ0) is 19.8. The van der Waals surface area contributed by atoms with Crippen molar-refractivity contribution in [2.75, 3.05) is 10.6 Å². The van der Waals surface area contributed by atoms with Gasteiger partial charge in [-0.2, -0.15) is 0 Å². The number of halogens is 3. The number of nitrogens with one attached hydrogen (secondary N) is 2. The molecule has 0 unspecified atom stereocenters. The molecule has 3 aromatic rings. The number of nitrogens with zero attached hydrogens (tertiary/aromatic N) is 3. The summed E-state index contributed by atoms with van der Waals surface area (Å²) in [6, 6.07) is 13.9. The maximum absolute atomic E-state index is 12.6. The lowest BCUT2D eigenvalue weighted by molar-refractivity contribution is 0.577. The van der Waals surface area contributed by atoms with Crippen molar-refractivity contribution < 1.29 is 0 Å². The van der Waals surface area contributed by atoms with Crippen LogP contribution in [0.25, 0.3) is 0 Å². The van der Waals surface area contributed by atoms with Gasteiger partial charge in [-0.1, -0.05) is 53.0 Å². The topological polar surface area (TPSA) is 71.3 Å². The van der Waals surface area contributed by atoms with Crippen LogP contribution < -0.4 is 16.2 Å². The third kappa shape index (κ3) is 3.58. The van der Waals surface area contributed by atoms with Gasteiger partial charge in [0.15, 0.2) is 6.17 Å². The lowest BCUT2D eigenvalue weighted by Crippen LogP contribution is -2.37. The molecule has 28 heavy (non-hydrogen) atoms. The van der Waals surface area contributed by atoms with E-state index in [0.717, 1.165) is 5.56 Å². The Morgan fingerprint density at radius 1 is 1.11 bits per heavy atom. The van der Waals surface area contributed by atoms with Gasteiger partial charge in [-0.05, 0) is 36.8 Å². The molecular weight excluding hydrogens is 421 g/mol. The molecule has 0 bridgehead atoms. The number of aryl methyl sites for hydroxylation is 1. The van der Waals surface area contributed by atoms with Gasteiger partial charge in [0.05, 0.1) is 15.7 Å². The Balaban J connectivity index is 1.81. The maximum atomic E-state index is 12.6. The minimum absolute atomic E-state index is 0.210. The zero-order valence-corrected chi connectivity index (χ0v) is 16.8. The van der Waals surface area contributed by atoms with Crippen LogP contribution in [0.5, 0.6) is 0 Å². The molecule has 6 nitrogen and oxygen atoms in total. The third-order valence-corrected chi connectivity index (χ3v) is 5.25. The van der Waals surface area contributed by atoms with Crippen LogP contribution in [0, 0.1) is 6.92 Å². The number of aromatic nitrogens is 2. The molecule has 9 heteroatoms. The normalized spacial score (nSPS) is 15.4. The summed E-state index contributed by atoms with van der Waals surface area (Å²) in [6.07, 6.45) is -0.616. The smallest absolute Gasteiger partial charge is 0.257 e. The molecule has 142 valence electrons. The number of hydrogen-bond acceptors (Lipinski definition) is 5. The zero-order valence-electron chi connectivity index (χ0n) is 14.6. The summed E-state index contributed by atoms with van der Waals surface area (Å²) in [7, 11) is 0. The highest BCUT2D eigenvalue weighted by Crippen LogP contribution is 2.31. The van der Waals surface area contributed by atoms with E-state index in [1.807, 2.05) is 12.1 Å². The van der Waals surface area contributed by atoms with E-state index >= 15 is 0 Å². The fraction of sp³-hybridized carbons (Fsp3) is 0.105. The summed E-state index contributed by atoms with van der Waals surface area (Å²) in [5, 5.41) is 7.56. The first-order valence-electron chi connectivity index (χ1n) is 8.34. The van der Waals surface area contributed by atoms with Crippen LogP contribution in [0.1, 0.15) is 17.4 Å². The predicted octanol–water partition coefficient (Wildman–Crippen LogP) is 4.95. The van der Waals surface area contributed by atoms with E-state index in [1.165, 1.54) is 10.6 Å². The molecular formula is C19H14Cl3N5O. The summed E-state index contributed by atoms with van der Waals surface area (Å²) < 4.78 is 1.49. The van der Waals surface area contributed by atoms with Crippen molar-refractivity contribution in [3.05, 3.63) is 85.2 Å². The number of fused-ring (bicyclic) bond motifs is 1. The summed E-state index contributed by atoms with van der Waals surface area (Å²) in [5.74, 6) is 0.766. The van der Waals surface area contributed by atoms with Crippen molar-refractivity contribution >= 4 is 52.4 Å². The highest BCUT2D eigenvalue weighted by molar-refractivity contribution is 6.44. The number of aliphatic imine (C=N–C) groups is 1. The van der Waals surface area contributed by atoms with E-state index in [-0.39, 0.29) is 5.56 Å². The number of guanidine groups is 1. The van der Waals surface area contributed by atoms with Crippen molar-refractivity contribution in [2.45, 2.75) is 13.1 Å². The Kier molecular flexibility index (Phi) is 5.02. The van der Waals surface area contributed by atoms with E-state index in [1.54, 1.807) is 37.3 Å². The maximum Gasteiger partial charge on any atom is 0.257 e. The second-order valence-corrected chi connectivity index (χ2v) is 7.41. The average molecular weight is 435 g/mol. The molecule has 2 N–H and O–H groups in total. The van der Waals surface area contributed by atoms with Gasteiger partial charge >= 0.3 is 0 Å². The molecule has 0 radical (unpaired) electrons. The summed E-state index contributed by atoms with van der Waals surface area (Å²) >= 11 is 18.4. The Morgan fingerprint density at radius 3 is 2.61 bits per heavy atom. The third-order valence-electron chi connectivity index (χ3n) is 4.18. The summed E-state index contributed by atoms with van der Waals surface area (Å²) in [6.45, 7) is 1.76. The monoisotopic (exact) mass is 433 g/mol. The van der Waals surface area contributed by atoms with Crippen LogP contribution >= 0.6 is 34.8 Å². The van der Waals surface area contributed by atoms with Gasteiger partial charge in [-0.25, -0.2) is 9.98 Å². The van der Waals surface area contributed by atoms with Crippen molar-refractivity contribution in [1.82, 2.24) is 9.55 Å². The van der Waals surface area contributed by atoms with Gasteiger partial charge in [0.25, 0.3) is 5.56 Å². The Morgan fingerprint density at radius 2 is 1.86 bits per heavy atom. The predicted molar refractivity (Wildman–Crippen MR) is 114 cm³/mol. The highest BCUT2D eigenvalue weighted by Gasteiger charge is 2.25. The fourth-order valence-corrected chi connectivity index (χ4v) is 3.37. The molecule has 0 saturated carbocycles. The minimum atomic E-state index is -0.616. The molecule has 0 fully saturated rings. The Labute approximate surface area is 175 Å². The van der Waals surface area contributed by atoms with Gasteiger partial charge in [0.2, 0.25) is 11.9 Å². The molecule has 1 aliphatic heterocycles. The summed E-state index contributed by atoms with van der Waals surface area (Å²) in [5.41, 5.74) is 1.76. The molecule has 2 aromatic carbocycles. The van der Waals surface area contributed by atoms with E-state index in [4.69, 9.17) is 34.8 Å². The largest absolute Gasteiger partial charge is 0.325 e. The molecule has 1 aromatic heterocycles. The van der Waals surface area contributed by atoms with Gasteiger partial charge in [-0.15, -0.1) is 0 Å². The average Bonchev–Trinajstić information content (AvgIpc) is 2.65. The van der Waals surface area contributed by atoms with Crippen molar-refractivity contribution in [3.8, 4) is 0 Å². The van der Waals surface area contributed by atoms with E-state index in [2.05, 4.69) is 20.6 Å². The van der Waals surface area contributed by atoms with Crippen molar-refractivity contribution in [2.24, 2.45) is 4.99 Å². The Bertz CT molecular complexity index is 1140. The molecule has 0 saturated heterocycles. The van der Waals surface area contributed by atoms with Crippen LogP contribution in [-0.4, -0.2) is 15.5 Å². The molecule has 4 rings (SSSR count). The van der Waals surface area contributed by atoms with Crippen LogP contribution in [-0.2, 0) is 0 Å². The first-order valence-corrected chi connectivity index (χ1v) is 9.47. The van der Waals surface area contributed by atoms with E-state index in [0.29, 0.717) is 38.4 Å². The number of rotatable bonds is 2. The number of hydrogen-bond donors (Lipinski definition) is 2. The standard InChI is InChI=1S/C19H14Cl3N5O/c1-10-9-15(28)27-17(11-5-7-12(20)8-6-11)25-18(26-19(27)23-10)24-14-4-2-3-13(21)16(14)22/h2-9,17H,1H3,(H2,23,24,25,26)/t17-/m1/s1. The van der Waals surface area contributed by atoms with Crippen LogP contribution in [0.3, 0.4) is 0 Å². The molecule has 0 amide bonds. The number of anilines is 2. The molecule has 2 heterocycles. The lowest BCUT2D eigenvalue weighted by atomic mass is 10.1. The van der Waals surface area contributed by atoms with Crippen molar-refractivity contribution in [3.63, 3.8) is 0 Å². The van der Waals surface area contributed by atoms with Crippen LogP contribution in [0.2, 0.25) is 15.1 Å². The van der Waals surface area contributed by atoms with Gasteiger partial charge in [0, 0.05) is 16.8 Å². The van der Waals surface area contributed by atoms with E-state index < -0.39 is 6.17 Å². The van der Waals surface area contributed by atoms with E-state index in [9.17, 15) is 4.79 Å². The second-order valence-electron chi connectivity index (χ2n) is 6.18. The minimum Gasteiger partial charge on any atom is -0.325 e. The fourth-order valence-electron chi connectivity index (χ4n) is 2.90. The number of benzene rings is 2. The van der Waals surface area contributed by atoms with Crippen LogP contribution in [0.15, 0.2) is 58.3 Å². The molecule has 1 aliphatic rings. The molecule has 0 aliphatic carbocycles. The summed E-state index contributed by atoms with van der Waals surface area (Å²) in [4.78, 5) is 21.7. The first kappa shape index (κ1) is 18.8. The lowest BCUT2D eigenvalue weighted by Gasteiger charge is -2.27. The second kappa shape index (κ2) is 7.47. The van der Waals surface area contributed by atoms with Gasteiger partial charge in [-0.3, -0.25) is 14.7 Å². The van der Waals surface area contributed by atoms with Gasteiger partial charge in [0.1, 0.15) is 0 Å². The molecule has 1 atom stereocenters. The SMILES string of the molecule is Cc1cc(=O)n2c(n1)NC(Nc1cccc(Cl)c1Cl)=N[C@H]2c1ccc(Cl)cc1. The quantitative estimate of drug-likeness (QED) is 0.598. The Hall–Kier alpha value is -2.54.